The Balaban J connectivity index is 2.16. The summed E-state index contributed by atoms with van der Waals surface area (Å²) in [7, 11) is 0. The summed E-state index contributed by atoms with van der Waals surface area (Å²) in [4.78, 5) is 23.3. The van der Waals surface area contributed by atoms with E-state index in [2.05, 4.69) is 15.9 Å². The highest BCUT2D eigenvalue weighted by Gasteiger charge is 2.38. The van der Waals surface area contributed by atoms with E-state index < -0.39 is 17.2 Å². The van der Waals surface area contributed by atoms with Crippen molar-refractivity contribution in [3.05, 3.63) is 34.1 Å². The number of benzene rings is 1. The summed E-state index contributed by atoms with van der Waals surface area (Å²) in [5.41, 5.74) is -0.000937. The van der Waals surface area contributed by atoms with E-state index in [4.69, 9.17) is 5.11 Å². The number of rotatable bonds is 5. The Bertz CT molecular complexity index is 536. The van der Waals surface area contributed by atoms with E-state index in [-0.39, 0.29) is 23.1 Å². The number of hydrogen-bond donors (Lipinski definition) is 1. The summed E-state index contributed by atoms with van der Waals surface area (Å²) < 4.78 is 13.4. The van der Waals surface area contributed by atoms with Crippen molar-refractivity contribution < 1.29 is 19.1 Å². The van der Waals surface area contributed by atoms with Gasteiger partial charge in [-0.05, 0) is 52.4 Å². The van der Waals surface area contributed by atoms with Crippen LogP contribution in [0.2, 0.25) is 0 Å². The van der Waals surface area contributed by atoms with Gasteiger partial charge in [-0.25, -0.2) is 4.39 Å². The lowest BCUT2D eigenvalue weighted by Crippen LogP contribution is -2.24. The van der Waals surface area contributed by atoms with Gasteiger partial charge in [0.25, 0.3) is 0 Å². The third kappa shape index (κ3) is 3.45. The van der Waals surface area contributed by atoms with Crippen molar-refractivity contribution in [1.82, 2.24) is 0 Å². The molecule has 5 heteroatoms. The van der Waals surface area contributed by atoms with E-state index in [1.807, 2.05) is 0 Å². The zero-order chi connectivity index (χ0) is 14.8. The number of ketones is 1. The molecule has 1 saturated carbocycles. The van der Waals surface area contributed by atoms with Crippen molar-refractivity contribution in [1.29, 1.82) is 0 Å². The van der Waals surface area contributed by atoms with Crippen molar-refractivity contribution in [2.24, 2.45) is 5.41 Å². The van der Waals surface area contributed by atoms with E-state index in [0.29, 0.717) is 5.56 Å². The van der Waals surface area contributed by atoms with Crippen LogP contribution < -0.4 is 0 Å². The fourth-order valence-corrected chi connectivity index (χ4v) is 3.35. The monoisotopic (exact) mass is 342 g/mol. The molecule has 0 unspecified atom stereocenters. The fourth-order valence-electron chi connectivity index (χ4n) is 2.97. The first-order valence-electron chi connectivity index (χ1n) is 6.62. The van der Waals surface area contributed by atoms with Gasteiger partial charge in [0.1, 0.15) is 5.82 Å². The number of Topliss-reactive ketones (excluding diaryl/α,β-unsaturated/α-hetero) is 1. The number of aliphatic carboxylic acids is 1. The molecule has 20 heavy (non-hydrogen) atoms. The number of carboxylic acids is 1. The molecule has 3 nitrogen and oxygen atoms in total. The summed E-state index contributed by atoms with van der Waals surface area (Å²) in [6.07, 6.45) is 3.72. The van der Waals surface area contributed by atoms with Crippen LogP contribution in [0.25, 0.3) is 0 Å². The van der Waals surface area contributed by atoms with Gasteiger partial charge < -0.3 is 5.11 Å². The average Bonchev–Trinajstić information content (AvgIpc) is 2.79. The van der Waals surface area contributed by atoms with Crippen LogP contribution in [0.4, 0.5) is 4.39 Å². The maximum atomic E-state index is 13.2. The lowest BCUT2D eigenvalue weighted by Gasteiger charge is -2.26. The van der Waals surface area contributed by atoms with Gasteiger partial charge in [-0.2, -0.15) is 0 Å². The Morgan fingerprint density at radius 1 is 1.25 bits per heavy atom. The van der Waals surface area contributed by atoms with Gasteiger partial charge in [-0.1, -0.05) is 12.8 Å². The molecular formula is C15H16BrFO3. The molecule has 1 aromatic carbocycles. The molecule has 0 amide bonds. The molecule has 0 spiro atoms. The first kappa shape index (κ1) is 15.2. The van der Waals surface area contributed by atoms with Crippen molar-refractivity contribution in [2.75, 3.05) is 0 Å². The number of halogens is 2. The Labute approximate surface area is 125 Å². The topological polar surface area (TPSA) is 54.4 Å². The predicted octanol–water partition coefficient (Wildman–Crippen LogP) is 4.20. The Morgan fingerprint density at radius 2 is 1.90 bits per heavy atom. The van der Waals surface area contributed by atoms with Crippen LogP contribution in [0.15, 0.2) is 22.7 Å². The summed E-state index contributed by atoms with van der Waals surface area (Å²) in [6, 6.07) is 4.16. The summed E-state index contributed by atoms with van der Waals surface area (Å²) in [6.45, 7) is 0. The van der Waals surface area contributed by atoms with E-state index in [9.17, 15) is 14.0 Å². The molecule has 0 saturated heterocycles. The zero-order valence-corrected chi connectivity index (χ0v) is 12.6. The summed E-state index contributed by atoms with van der Waals surface area (Å²) >= 11 is 3.06. The smallest absolute Gasteiger partial charge is 0.303 e. The number of carbonyl (C=O) groups is 2. The second-order valence-electron chi connectivity index (χ2n) is 5.51. The maximum Gasteiger partial charge on any atom is 0.303 e. The highest BCUT2D eigenvalue weighted by Crippen LogP contribution is 2.44. The lowest BCUT2D eigenvalue weighted by molar-refractivity contribution is -0.139. The van der Waals surface area contributed by atoms with Gasteiger partial charge in [-0.15, -0.1) is 0 Å². The van der Waals surface area contributed by atoms with Crippen LogP contribution in [0.1, 0.15) is 48.9 Å². The Morgan fingerprint density at radius 3 is 2.45 bits per heavy atom. The van der Waals surface area contributed by atoms with Crippen LogP contribution in [-0.2, 0) is 4.79 Å². The van der Waals surface area contributed by atoms with Crippen LogP contribution >= 0.6 is 15.9 Å². The third-order valence-electron chi connectivity index (χ3n) is 3.97. The molecule has 1 aliphatic carbocycles. The molecule has 0 radical (unpaired) electrons. The van der Waals surface area contributed by atoms with Gasteiger partial charge in [0.05, 0.1) is 10.9 Å². The number of carbonyl (C=O) groups excluding carboxylic acids is 1. The van der Waals surface area contributed by atoms with Crippen LogP contribution in [-0.4, -0.2) is 16.9 Å². The van der Waals surface area contributed by atoms with Crippen LogP contribution in [0, 0.1) is 11.2 Å². The van der Waals surface area contributed by atoms with E-state index in [1.165, 1.54) is 18.2 Å². The molecule has 0 atom stereocenters. The maximum absolute atomic E-state index is 13.2. The molecule has 0 heterocycles. The minimum absolute atomic E-state index is 0.0289. The highest BCUT2D eigenvalue weighted by atomic mass is 79.9. The van der Waals surface area contributed by atoms with Crippen LogP contribution in [0.5, 0.6) is 0 Å². The van der Waals surface area contributed by atoms with Gasteiger partial charge >= 0.3 is 5.97 Å². The molecular weight excluding hydrogens is 327 g/mol. The zero-order valence-electron chi connectivity index (χ0n) is 11.0. The van der Waals surface area contributed by atoms with Gasteiger partial charge in [0.2, 0.25) is 0 Å². The molecule has 2 rings (SSSR count). The standard InChI is InChI=1S/C15H16BrFO3/c16-11-7-10(3-4-12(11)17)13(18)8-15(9-14(19)20)5-1-2-6-15/h3-4,7H,1-2,5-6,8-9H2,(H,19,20). The van der Waals surface area contributed by atoms with Crippen molar-refractivity contribution in [3.63, 3.8) is 0 Å². The fraction of sp³-hybridized carbons (Fsp3) is 0.467. The normalized spacial score (nSPS) is 17.1. The molecule has 0 bridgehead atoms. The number of carboxylic acid groups (broad SMARTS) is 1. The SMILES string of the molecule is O=C(O)CC1(CC(=O)c2ccc(F)c(Br)c2)CCCC1. The van der Waals surface area contributed by atoms with Gasteiger partial charge in [0.15, 0.2) is 5.78 Å². The first-order valence-corrected chi connectivity index (χ1v) is 7.41. The van der Waals surface area contributed by atoms with Crippen molar-refractivity contribution in [2.45, 2.75) is 38.5 Å². The molecule has 0 aromatic heterocycles. The molecule has 1 aliphatic rings. The lowest BCUT2D eigenvalue weighted by atomic mass is 9.77. The quantitative estimate of drug-likeness (QED) is 0.816. The summed E-state index contributed by atoms with van der Waals surface area (Å²) in [5, 5.41) is 9.03. The van der Waals surface area contributed by atoms with Gasteiger partial charge in [0, 0.05) is 12.0 Å². The Hall–Kier alpha value is -1.23. The van der Waals surface area contributed by atoms with E-state index >= 15 is 0 Å². The largest absolute Gasteiger partial charge is 0.481 e. The molecule has 1 N–H and O–H groups in total. The third-order valence-corrected chi connectivity index (χ3v) is 4.58. The van der Waals surface area contributed by atoms with Crippen molar-refractivity contribution in [3.8, 4) is 0 Å². The Kier molecular flexibility index (Phi) is 4.58. The second-order valence-corrected chi connectivity index (χ2v) is 6.36. The minimum Gasteiger partial charge on any atom is -0.481 e. The molecule has 1 fully saturated rings. The summed E-state index contributed by atoms with van der Waals surface area (Å²) in [5.74, 6) is -1.39. The number of hydrogen-bond acceptors (Lipinski definition) is 2. The predicted molar refractivity (Wildman–Crippen MR) is 76.2 cm³/mol. The molecule has 108 valence electrons. The highest BCUT2D eigenvalue weighted by molar-refractivity contribution is 9.10. The average molecular weight is 343 g/mol. The molecule has 1 aromatic rings. The minimum atomic E-state index is -0.861. The van der Waals surface area contributed by atoms with Gasteiger partial charge in [-0.3, -0.25) is 9.59 Å². The van der Waals surface area contributed by atoms with E-state index in [0.717, 1.165) is 25.7 Å². The van der Waals surface area contributed by atoms with Crippen molar-refractivity contribution >= 4 is 27.7 Å². The van der Waals surface area contributed by atoms with Crippen LogP contribution in [0.3, 0.4) is 0 Å². The van der Waals surface area contributed by atoms with E-state index in [1.54, 1.807) is 0 Å². The first-order chi connectivity index (χ1) is 9.42. The second kappa shape index (κ2) is 6.04. The molecule has 0 aliphatic heterocycles.